The standard InChI is InChI=1S/C21H31N3O4S/c1-21(2,3)28-20(26)24-12-11-23-18(19(25)27-4)15-29-13-5-6-16-7-9-17(14-22)10-8-16/h7-10,18,23H,5-6,11-13,15H2,1-4H3,(H,24,26). The second kappa shape index (κ2) is 13.1. The highest BCUT2D eigenvalue weighted by atomic mass is 32.2. The third-order valence-corrected chi connectivity index (χ3v) is 4.94. The van der Waals surface area contributed by atoms with Gasteiger partial charge in [0.25, 0.3) is 0 Å². The Bertz CT molecular complexity index is 681. The molecule has 1 rings (SSSR count). The van der Waals surface area contributed by atoms with Crippen molar-refractivity contribution in [1.29, 1.82) is 5.26 Å². The summed E-state index contributed by atoms with van der Waals surface area (Å²) in [7, 11) is 1.37. The van der Waals surface area contributed by atoms with Gasteiger partial charge in [0, 0.05) is 18.8 Å². The maximum Gasteiger partial charge on any atom is 0.407 e. The molecule has 1 amide bonds. The summed E-state index contributed by atoms with van der Waals surface area (Å²) in [6.45, 7) is 6.20. The number of rotatable bonds is 11. The van der Waals surface area contributed by atoms with Gasteiger partial charge in [0.2, 0.25) is 0 Å². The van der Waals surface area contributed by atoms with Gasteiger partial charge in [0.1, 0.15) is 11.6 Å². The van der Waals surface area contributed by atoms with Gasteiger partial charge >= 0.3 is 12.1 Å². The number of nitrogens with one attached hydrogen (secondary N) is 2. The molecule has 1 atom stereocenters. The summed E-state index contributed by atoms with van der Waals surface area (Å²) in [5, 5.41) is 14.6. The second-order valence-electron chi connectivity index (χ2n) is 7.45. The molecule has 0 saturated carbocycles. The van der Waals surface area contributed by atoms with Crippen LogP contribution in [0, 0.1) is 11.3 Å². The van der Waals surface area contributed by atoms with E-state index in [2.05, 4.69) is 16.7 Å². The number of amides is 1. The van der Waals surface area contributed by atoms with Crippen LogP contribution < -0.4 is 10.6 Å². The molecule has 0 heterocycles. The Hall–Kier alpha value is -2.24. The number of ether oxygens (including phenoxy) is 2. The van der Waals surface area contributed by atoms with Crippen molar-refractivity contribution in [3.05, 3.63) is 35.4 Å². The number of methoxy groups -OCH3 is 1. The topological polar surface area (TPSA) is 100 Å². The lowest BCUT2D eigenvalue weighted by atomic mass is 10.1. The lowest BCUT2D eigenvalue weighted by Gasteiger charge is -2.20. The quantitative estimate of drug-likeness (QED) is 0.418. The molecule has 0 aliphatic carbocycles. The van der Waals surface area contributed by atoms with Crippen LogP contribution >= 0.6 is 11.8 Å². The van der Waals surface area contributed by atoms with Crippen LogP contribution in [-0.2, 0) is 20.7 Å². The molecular formula is C21H31N3O4S. The van der Waals surface area contributed by atoms with Crippen molar-refractivity contribution >= 4 is 23.8 Å². The number of nitrogens with zero attached hydrogens (tertiary/aromatic N) is 1. The lowest BCUT2D eigenvalue weighted by molar-refractivity contribution is -0.142. The molecule has 1 aromatic rings. The molecule has 0 aromatic heterocycles. The van der Waals surface area contributed by atoms with Gasteiger partial charge in [-0.2, -0.15) is 17.0 Å². The molecule has 7 nitrogen and oxygen atoms in total. The second-order valence-corrected chi connectivity index (χ2v) is 8.60. The Morgan fingerprint density at radius 2 is 1.90 bits per heavy atom. The van der Waals surface area contributed by atoms with Gasteiger partial charge in [-0.05, 0) is 57.1 Å². The summed E-state index contributed by atoms with van der Waals surface area (Å²) in [4.78, 5) is 23.6. The van der Waals surface area contributed by atoms with Crippen LogP contribution in [0.3, 0.4) is 0 Å². The van der Waals surface area contributed by atoms with Crippen molar-refractivity contribution in [2.24, 2.45) is 0 Å². The number of carbonyl (C=O) groups excluding carboxylic acids is 2. The summed E-state index contributed by atoms with van der Waals surface area (Å²) in [6.07, 6.45) is 1.42. The molecule has 0 aliphatic heterocycles. The molecule has 0 spiro atoms. The fraction of sp³-hybridized carbons (Fsp3) is 0.571. The van der Waals surface area contributed by atoms with E-state index in [0.29, 0.717) is 24.4 Å². The van der Waals surface area contributed by atoms with E-state index < -0.39 is 17.7 Å². The SMILES string of the molecule is COC(=O)C(CSCCCc1ccc(C#N)cc1)NCCNC(=O)OC(C)(C)C. The van der Waals surface area contributed by atoms with E-state index in [-0.39, 0.29) is 5.97 Å². The zero-order valence-corrected chi connectivity index (χ0v) is 18.4. The minimum atomic E-state index is -0.541. The summed E-state index contributed by atoms with van der Waals surface area (Å²) in [5.41, 5.74) is 1.32. The van der Waals surface area contributed by atoms with Gasteiger partial charge in [-0.15, -0.1) is 0 Å². The van der Waals surface area contributed by atoms with Crippen LogP contribution in [0.4, 0.5) is 4.79 Å². The first kappa shape index (κ1) is 24.8. The molecule has 1 unspecified atom stereocenters. The minimum absolute atomic E-state index is 0.318. The molecule has 2 N–H and O–H groups in total. The average Bonchev–Trinajstić information content (AvgIpc) is 2.67. The third kappa shape index (κ3) is 11.4. The van der Waals surface area contributed by atoms with Crippen LogP contribution in [0.15, 0.2) is 24.3 Å². The van der Waals surface area contributed by atoms with Crippen molar-refractivity contribution in [3.63, 3.8) is 0 Å². The van der Waals surface area contributed by atoms with Gasteiger partial charge in [0.15, 0.2) is 0 Å². The van der Waals surface area contributed by atoms with Gasteiger partial charge in [-0.1, -0.05) is 12.1 Å². The number of aryl methyl sites for hydroxylation is 1. The summed E-state index contributed by atoms with van der Waals surface area (Å²) < 4.78 is 10.0. The van der Waals surface area contributed by atoms with Crippen molar-refractivity contribution in [3.8, 4) is 6.07 Å². The maximum absolute atomic E-state index is 11.9. The Labute approximate surface area is 177 Å². The molecule has 160 valence electrons. The predicted molar refractivity (Wildman–Crippen MR) is 115 cm³/mol. The molecule has 29 heavy (non-hydrogen) atoms. The van der Waals surface area contributed by atoms with E-state index in [1.54, 1.807) is 32.5 Å². The number of thioether (sulfide) groups is 1. The summed E-state index contributed by atoms with van der Waals surface area (Å²) in [5.74, 6) is 1.18. The number of hydrogen-bond donors (Lipinski definition) is 2. The Morgan fingerprint density at radius 3 is 2.48 bits per heavy atom. The molecule has 0 saturated heterocycles. The third-order valence-electron chi connectivity index (χ3n) is 3.79. The highest BCUT2D eigenvalue weighted by Crippen LogP contribution is 2.11. The lowest BCUT2D eigenvalue weighted by Crippen LogP contribution is -2.44. The van der Waals surface area contributed by atoms with Crippen LogP contribution in [-0.4, -0.2) is 55.4 Å². The average molecular weight is 422 g/mol. The van der Waals surface area contributed by atoms with E-state index in [9.17, 15) is 9.59 Å². The number of esters is 1. The molecule has 8 heteroatoms. The van der Waals surface area contributed by atoms with E-state index in [4.69, 9.17) is 14.7 Å². The summed E-state index contributed by atoms with van der Waals surface area (Å²) >= 11 is 1.68. The van der Waals surface area contributed by atoms with Crippen molar-refractivity contribution < 1.29 is 19.1 Å². The first-order chi connectivity index (χ1) is 13.7. The van der Waals surface area contributed by atoms with E-state index in [1.165, 1.54) is 12.7 Å². The van der Waals surface area contributed by atoms with Crippen molar-refractivity contribution in [2.45, 2.75) is 45.3 Å². The van der Waals surface area contributed by atoms with Crippen molar-refractivity contribution in [1.82, 2.24) is 10.6 Å². The number of benzene rings is 1. The van der Waals surface area contributed by atoms with Gasteiger partial charge in [-0.3, -0.25) is 4.79 Å². The smallest absolute Gasteiger partial charge is 0.407 e. The molecule has 0 bridgehead atoms. The number of nitriles is 1. The van der Waals surface area contributed by atoms with E-state index in [0.717, 1.165) is 18.6 Å². The van der Waals surface area contributed by atoms with Gasteiger partial charge in [-0.25, -0.2) is 4.79 Å². The highest BCUT2D eigenvalue weighted by molar-refractivity contribution is 7.99. The largest absolute Gasteiger partial charge is 0.468 e. The fourth-order valence-electron chi connectivity index (χ4n) is 2.40. The maximum atomic E-state index is 11.9. The van der Waals surface area contributed by atoms with Crippen LogP contribution in [0.2, 0.25) is 0 Å². The van der Waals surface area contributed by atoms with Crippen LogP contribution in [0.1, 0.15) is 38.3 Å². The fourth-order valence-corrected chi connectivity index (χ4v) is 3.41. The Balaban J connectivity index is 2.26. The highest BCUT2D eigenvalue weighted by Gasteiger charge is 2.19. The molecule has 0 radical (unpaired) electrons. The molecular weight excluding hydrogens is 390 g/mol. The van der Waals surface area contributed by atoms with Gasteiger partial charge < -0.3 is 20.1 Å². The van der Waals surface area contributed by atoms with E-state index >= 15 is 0 Å². The molecule has 1 aromatic carbocycles. The zero-order valence-electron chi connectivity index (χ0n) is 17.6. The normalized spacial score (nSPS) is 12.0. The van der Waals surface area contributed by atoms with Crippen LogP contribution in [0.5, 0.6) is 0 Å². The van der Waals surface area contributed by atoms with Crippen LogP contribution in [0.25, 0.3) is 0 Å². The first-order valence-corrected chi connectivity index (χ1v) is 10.8. The van der Waals surface area contributed by atoms with E-state index in [1.807, 2.05) is 24.3 Å². The Morgan fingerprint density at radius 1 is 1.21 bits per heavy atom. The number of alkyl carbamates (subject to hydrolysis) is 1. The number of hydrogen-bond acceptors (Lipinski definition) is 7. The zero-order chi connectivity index (χ0) is 21.7. The molecule has 0 fully saturated rings. The summed E-state index contributed by atoms with van der Waals surface area (Å²) in [6, 6.07) is 9.27. The monoisotopic (exact) mass is 421 g/mol. The van der Waals surface area contributed by atoms with Gasteiger partial charge in [0.05, 0.1) is 18.7 Å². The number of carbonyl (C=O) groups is 2. The molecule has 0 aliphatic rings. The van der Waals surface area contributed by atoms with Crippen molar-refractivity contribution in [2.75, 3.05) is 31.7 Å². The first-order valence-electron chi connectivity index (χ1n) is 9.60. The minimum Gasteiger partial charge on any atom is -0.468 e. The Kier molecular flexibility index (Phi) is 11.2. The predicted octanol–water partition coefficient (Wildman–Crippen LogP) is 2.88.